The zero-order valence-corrected chi connectivity index (χ0v) is 24.5. The quantitative estimate of drug-likeness (QED) is 0.381. The first-order chi connectivity index (χ1) is 18.9. The van der Waals surface area contributed by atoms with Gasteiger partial charge in [-0.05, 0) is 84.2 Å². The molecule has 0 bridgehead atoms. The van der Waals surface area contributed by atoms with Gasteiger partial charge in [0.1, 0.15) is 21.1 Å². The van der Waals surface area contributed by atoms with Crippen molar-refractivity contribution < 1.29 is 23.9 Å². The van der Waals surface area contributed by atoms with Gasteiger partial charge in [0.15, 0.2) is 0 Å². The van der Waals surface area contributed by atoms with Gasteiger partial charge < -0.3 is 25.0 Å². The van der Waals surface area contributed by atoms with Crippen molar-refractivity contribution in [2.24, 2.45) is 0 Å². The average Bonchev–Trinajstić information content (AvgIpc) is 3.24. The van der Waals surface area contributed by atoms with Gasteiger partial charge in [-0.3, -0.25) is 9.69 Å². The van der Waals surface area contributed by atoms with Gasteiger partial charge in [-0.25, -0.2) is 14.6 Å². The number of hydrogen-bond acceptors (Lipinski definition) is 7. The van der Waals surface area contributed by atoms with Crippen LogP contribution < -0.4 is 20.3 Å². The van der Waals surface area contributed by atoms with Gasteiger partial charge in [0, 0.05) is 25.3 Å². The fourth-order valence-electron chi connectivity index (χ4n) is 5.00. The zero-order chi connectivity index (χ0) is 28.8. The maximum Gasteiger partial charge on any atom is 0.410 e. The molecule has 1 aromatic carbocycles. The maximum absolute atomic E-state index is 13.5. The molecule has 1 saturated heterocycles. The predicted molar refractivity (Wildman–Crippen MR) is 156 cm³/mol. The number of likely N-dealkylation sites (tertiary alicyclic amines) is 1. The number of rotatable bonds is 5. The lowest BCUT2D eigenvalue weighted by Crippen LogP contribution is -2.50. The lowest BCUT2D eigenvalue weighted by molar-refractivity contribution is 0.0185. The SMILES string of the molecule is Cc1cc(N2C(=O)Nc3c(C(=O)NC4CCCN(C(=O)OC(C)(C)C)C4)sc4nccc2c34)ccc1OC(C)C. The topological polar surface area (TPSA) is 113 Å². The van der Waals surface area contributed by atoms with E-state index in [1.807, 2.05) is 59.7 Å². The standard InChI is InChI=1S/C29H35N5O5S/c1-16(2)38-21-10-9-19(14-17(21)3)34-20-11-12-30-26-22(20)23(32-27(34)36)24(40-26)25(35)31-18-8-7-13-33(15-18)28(37)39-29(4,5)6/h9-12,14,16,18H,7-8,13,15H2,1-6H3,(H,31,35)(H,32,36). The minimum absolute atomic E-state index is 0.0367. The highest BCUT2D eigenvalue weighted by atomic mass is 32.1. The van der Waals surface area contributed by atoms with Crippen molar-refractivity contribution in [3.8, 4) is 5.75 Å². The molecule has 3 aromatic rings. The summed E-state index contributed by atoms with van der Waals surface area (Å²) >= 11 is 1.24. The summed E-state index contributed by atoms with van der Waals surface area (Å²) in [5.74, 6) is 0.457. The maximum atomic E-state index is 13.5. The molecular formula is C29H35N5O5S. The number of hydrogen-bond donors (Lipinski definition) is 2. The summed E-state index contributed by atoms with van der Waals surface area (Å²) in [6.45, 7) is 12.3. The number of amides is 4. The molecule has 11 heteroatoms. The van der Waals surface area contributed by atoms with E-state index in [2.05, 4.69) is 15.6 Å². The number of pyridine rings is 1. The highest BCUT2D eigenvalue weighted by Crippen LogP contribution is 2.46. The van der Waals surface area contributed by atoms with Crippen LogP contribution in [-0.2, 0) is 4.74 Å². The normalized spacial score (nSPS) is 17.2. The Morgan fingerprint density at radius 3 is 2.70 bits per heavy atom. The monoisotopic (exact) mass is 565 g/mol. The van der Waals surface area contributed by atoms with Gasteiger partial charge in [0.25, 0.3) is 5.91 Å². The van der Waals surface area contributed by atoms with E-state index in [1.54, 1.807) is 22.1 Å². The molecule has 1 fully saturated rings. The Bertz CT molecular complexity index is 1480. The molecule has 4 heterocycles. The molecule has 2 aliphatic rings. The van der Waals surface area contributed by atoms with Crippen molar-refractivity contribution in [2.45, 2.75) is 72.1 Å². The van der Waals surface area contributed by atoms with Crippen LogP contribution in [0.15, 0.2) is 30.5 Å². The molecule has 40 heavy (non-hydrogen) atoms. The lowest BCUT2D eigenvalue weighted by Gasteiger charge is -2.34. The number of nitrogens with one attached hydrogen (secondary N) is 2. The molecule has 5 rings (SSSR count). The molecule has 2 N–H and O–H groups in total. The van der Waals surface area contributed by atoms with E-state index in [1.165, 1.54) is 11.3 Å². The largest absolute Gasteiger partial charge is 0.491 e. The first-order valence-corrected chi connectivity index (χ1v) is 14.3. The molecule has 2 aliphatic heterocycles. The summed E-state index contributed by atoms with van der Waals surface area (Å²) in [6, 6.07) is 6.81. The van der Waals surface area contributed by atoms with Gasteiger partial charge in [-0.2, -0.15) is 0 Å². The van der Waals surface area contributed by atoms with Crippen LogP contribution in [0.5, 0.6) is 5.75 Å². The number of aryl methyl sites for hydroxylation is 1. The second-order valence-electron chi connectivity index (χ2n) is 11.4. The van der Waals surface area contributed by atoms with Crippen LogP contribution in [0.4, 0.5) is 26.7 Å². The summed E-state index contributed by atoms with van der Waals surface area (Å²) < 4.78 is 11.4. The van der Waals surface area contributed by atoms with Gasteiger partial charge in [-0.1, -0.05) is 0 Å². The van der Waals surface area contributed by atoms with Gasteiger partial charge >= 0.3 is 12.1 Å². The third-order valence-electron chi connectivity index (χ3n) is 6.64. The fourth-order valence-corrected chi connectivity index (χ4v) is 6.02. The predicted octanol–water partition coefficient (Wildman–Crippen LogP) is 6.20. The van der Waals surface area contributed by atoms with E-state index in [9.17, 15) is 14.4 Å². The van der Waals surface area contributed by atoms with Crippen LogP contribution in [0.2, 0.25) is 0 Å². The van der Waals surface area contributed by atoms with E-state index in [-0.39, 0.29) is 30.2 Å². The summed E-state index contributed by atoms with van der Waals surface area (Å²) in [5.41, 5.74) is 2.12. The molecule has 0 spiro atoms. The number of benzene rings is 1. The molecule has 1 unspecified atom stereocenters. The zero-order valence-electron chi connectivity index (χ0n) is 23.7. The van der Waals surface area contributed by atoms with Gasteiger partial charge in [-0.15, -0.1) is 11.3 Å². The van der Waals surface area contributed by atoms with Gasteiger partial charge in [0.2, 0.25) is 0 Å². The van der Waals surface area contributed by atoms with Crippen LogP contribution in [-0.4, -0.2) is 58.8 Å². The molecule has 2 aromatic heterocycles. The number of thiophene rings is 1. The Morgan fingerprint density at radius 1 is 1.23 bits per heavy atom. The van der Waals surface area contributed by atoms with Crippen molar-refractivity contribution in [2.75, 3.05) is 23.3 Å². The molecule has 1 atom stereocenters. The second-order valence-corrected chi connectivity index (χ2v) is 12.4. The minimum Gasteiger partial charge on any atom is -0.491 e. The number of carbonyl (C=O) groups is 3. The third-order valence-corrected chi connectivity index (χ3v) is 7.74. The fraction of sp³-hybridized carbons (Fsp3) is 0.448. The van der Waals surface area contributed by atoms with E-state index in [0.29, 0.717) is 39.9 Å². The van der Waals surface area contributed by atoms with E-state index in [4.69, 9.17) is 9.47 Å². The Labute approximate surface area is 237 Å². The lowest BCUT2D eigenvalue weighted by atomic mass is 10.1. The molecule has 10 nitrogen and oxygen atoms in total. The molecule has 0 radical (unpaired) electrons. The molecule has 0 saturated carbocycles. The van der Waals surface area contributed by atoms with Crippen LogP contribution in [0, 0.1) is 6.92 Å². The number of piperidine rings is 1. The van der Waals surface area contributed by atoms with E-state index < -0.39 is 5.60 Å². The Kier molecular flexibility index (Phi) is 7.34. The number of aromatic nitrogens is 1. The highest BCUT2D eigenvalue weighted by molar-refractivity contribution is 7.21. The average molecular weight is 566 g/mol. The smallest absolute Gasteiger partial charge is 0.410 e. The van der Waals surface area contributed by atoms with Crippen molar-refractivity contribution >= 4 is 56.6 Å². The van der Waals surface area contributed by atoms with Crippen LogP contribution in [0.25, 0.3) is 10.2 Å². The number of urea groups is 1. The van der Waals surface area contributed by atoms with E-state index in [0.717, 1.165) is 29.5 Å². The molecule has 0 aliphatic carbocycles. The number of anilines is 3. The molecule has 212 valence electrons. The summed E-state index contributed by atoms with van der Waals surface area (Å²) in [4.78, 5) is 48.3. The van der Waals surface area contributed by atoms with Crippen LogP contribution in [0.3, 0.4) is 0 Å². The van der Waals surface area contributed by atoms with Crippen molar-refractivity contribution in [1.29, 1.82) is 0 Å². The number of ether oxygens (including phenoxy) is 2. The summed E-state index contributed by atoms with van der Waals surface area (Å²) in [6.07, 6.45) is 2.79. The van der Waals surface area contributed by atoms with Gasteiger partial charge in [0.05, 0.1) is 28.6 Å². The number of nitrogens with zero attached hydrogens (tertiary/aromatic N) is 3. The molecular weight excluding hydrogens is 530 g/mol. The second kappa shape index (κ2) is 10.6. The Balaban J connectivity index is 1.40. The van der Waals surface area contributed by atoms with Crippen molar-refractivity contribution in [1.82, 2.24) is 15.2 Å². The summed E-state index contributed by atoms with van der Waals surface area (Å²) in [5, 5.41) is 6.72. The van der Waals surface area contributed by atoms with Crippen molar-refractivity contribution in [3.63, 3.8) is 0 Å². The Morgan fingerprint density at radius 2 is 2.00 bits per heavy atom. The highest BCUT2D eigenvalue weighted by Gasteiger charge is 2.34. The van der Waals surface area contributed by atoms with Crippen molar-refractivity contribution in [3.05, 3.63) is 40.9 Å². The Hall–Kier alpha value is -3.86. The van der Waals surface area contributed by atoms with Crippen LogP contribution in [0.1, 0.15) is 62.7 Å². The third kappa shape index (κ3) is 5.56. The first kappa shape index (κ1) is 27.7. The number of carbonyl (C=O) groups excluding carboxylic acids is 3. The first-order valence-electron chi connectivity index (χ1n) is 13.5. The molecule has 4 amide bonds. The summed E-state index contributed by atoms with van der Waals surface area (Å²) in [7, 11) is 0. The van der Waals surface area contributed by atoms with E-state index >= 15 is 0 Å². The van der Waals surface area contributed by atoms with Crippen LogP contribution >= 0.6 is 11.3 Å². The minimum atomic E-state index is -0.591.